The van der Waals surface area contributed by atoms with Gasteiger partial charge in [0.15, 0.2) is 0 Å². The van der Waals surface area contributed by atoms with Gasteiger partial charge in [-0.1, -0.05) is 23.7 Å². The fourth-order valence-corrected chi connectivity index (χ4v) is 2.92. The molecule has 0 spiro atoms. The van der Waals surface area contributed by atoms with Crippen molar-refractivity contribution in [3.8, 4) is 0 Å². The van der Waals surface area contributed by atoms with Crippen LogP contribution in [0.2, 0.25) is 5.02 Å². The van der Waals surface area contributed by atoms with Crippen molar-refractivity contribution < 1.29 is 9.59 Å². The maximum absolute atomic E-state index is 12.4. The highest BCUT2D eigenvalue weighted by atomic mass is 79.9. The van der Waals surface area contributed by atoms with Gasteiger partial charge in [-0.15, -0.1) is 0 Å². The Balaban J connectivity index is 2.14. The number of imide groups is 1. The third-order valence-corrected chi connectivity index (χ3v) is 4.60. The van der Waals surface area contributed by atoms with Crippen molar-refractivity contribution in [1.29, 1.82) is 0 Å². The molecule has 0 atom stereocenters. The predicted octanol–water partition coefficient (Wildman–Crippen LogP) is 4.21. The van der Waals surface area contributed by atoms with Gasteiger partial charge < -0.3 is 0 Å². The molecule has 2 amide bonds. The van der Waals surface area contributed by atoms with Crippen LogP contribution < -0.4 is 4.90 Å². The molecule has 0 aromatic heterocycles. The summed E-state index contributed by atoms with van der Waals surface area (Å²) in [6.07, 6.45) is 0. The summed E-state index contributed by atoms with van der Waals surface area (Å²) in [4.78, 5) is 25.9. The fraction of sp³-hybridized carbons (Fsp3) is 0.0667. The first-order valence-electron chi connectivity index (χ1n) is 5.94. The minimum Gasteiger partial charge on any atom is -0.268 e. The Hall–Kier alpha value is -1.65. The number of hydrogen-bond acceptors (Lipinski definition) is 2. The van der Waals surface area contributed by atoms with Gasteiger partial charge in [0.05, 0.1) is 21.8 Å². The summed E-state index contributed by atoms with van der Waals surface area (Å²) in [6, 6.07) is 10.2. The lowest BCUT2D eigenvalue weighted by Gasteiger charge is -2.16. The summed E-state index contributed by atoms with van der Waals surface area (Å²) < 4.78 is 0.658. The van der Waals surface area contributed by atoms with Crippen LogP contribution in [0.1, 0.15) is 26.3 Å². The van der Waals surface area contributed by atoms with Crippen LogP contribution in [0.25, 0.3) is 0 Å². The summed E-state index contributed by atoms with van der Waals surface area (Å²) in [6.45, 7) is 1.83. The molecule has 1 aliphatic rings. The first-order valence-corrected chi connectivity index (χ1v) is 7.11. The van der Waals surface area contributed by atoms with E-state index in [9.17, 15) is 9.59 Å². The maximum atomic E-state index is 12.4. The summed E-state index contributed by atoms with van der Waals surface area (Å²) in [5.74, 6) is -0.613. The van der Waals surface area contributed by atoms with Crippen LogP contribution in [0, 0.1) is 6.92 Å². The normalized spacial score (nSPS) is 13.8. The lowest BCUT2D eigenvalue weighted by molar-refractivity contribution is 0.0926. The number of amides is 2. The van der Waals surface area contributed by atoms with Crippen molar-refractivity contribution in [3.05, 3.63) is 62.6 Å². The van der Waals surface area contributed by atoms with Crippen LogP contribution in [0.15, 0.2) is 40.9 Å². The molecule has 5 heteroatoms. The van der Waals surface area contributed by atoms with Crippen LogP contribution in [0.5, 0.6) is 0 Å². The second kappa shape index (κ2) is 4.72. The number of hydrogen-bond donors (Lipinski definition) is 0. The highest BCUT2D eigenvalue weighted by Gasteiger charge is 2.36. The Morgan fingerprint density at radius 3 is 2.10 bits per heavy atom. The topological polar surface area (TPSA) is 37.4 Å². The third kappa shape index (κ3) is 1.87. The predicted molar refractivity (Wildman–Crippen MR) is 81.5 cm³/mol. The van der Waals surface area contributed by atoms with Gasteiger partial charge >= 0.3 is 0 Å². The smallest absolute Gasteiger partial charge is 0.266 e. The van der Waals surface area contributed by atoms with Crippen molar-refractivity contribution in [2.45, 2.75) is 6.92 Å². The number of carbonyl (C=O) groups excluding carboxylic acids is 2. The molecule has 2 aromatic carbocycles. The lowest BCUT2D eigenvalue weighted by atomic mass is 10.1. The van der Waals surface area contributed by atoms with E-state index in [1.54, 1.807) is 36.4 Å². The van der Waals surface area contributed by atoms with Crippen LogP contribution in [-0.2, 0) is 0 Å². The first-order chi connectivity index (χ1) is 9.50. The molecular weight excluding hydrogens is 342 g/mol. The number of halogens is 2. The minimum absolute atomic E-state index is 0.306. The van der Waals surface area contributed by atoms with Crippen molar-refractivity contribution in [2.75, 3.05) is 4.90 Å². The van der Waals surface area contributed by atoms with Gasteiger partial charge in [0.25, 0.3) is 11.8 Å². The van der Waals surface area contributed by atoms with E-state index in [4.69, 9.17) is 11.6 Å². The number of carbonyl (C=O) groups is 2. The van der Waals surface area contributed by atoms with E-state index in [1.807, 2.05) is 6.92 Å². The van der Waals surface area contributed by atoms with E-state index < -0.39 is 0 Å². The zero-order chi connectivity index (χ0) is 14.4. The van der Waals surface area contributed by atoms with Gasteiger partial charge in [-0.3, -0.25) is 9.59 Å². The van der Waals surface area contributed by atoms with Gasteiger partial charge in [-0.2, -0.15) is 0 Å². The highest BCUT2D eigenvalue weighted by molar-refractivity contribution is 9.10. The molecule has 0 N–H and O–H groups in total. The van der Waals surface area contributed by atoms with Crippen LogP contribution >= 0.6 is 27.5 Å². The van der Waals surface area contributed by atoms with Crippen LogP contribution in [0.3, 0.4) is 0 Å². The molecule has 2 aromatic rings. The van der Waals surface area contributed by atoms with E-state index >= 15 is 0 Å². The average Bonchev–Trinajstić information content (AvgIpc) is 2.68. The summed E-state index contributed by atoms with van der Waals surface area (Å²) >= 11 is 9.42. The van der Waals surface area contributed by atoms with Crippen LogP contribution in [0.4, 0.5) is 5.69 Å². The van der Waals surface area contributed by atoms with Gasteiger partial charge in [0, 0.05) is 4.47 Å². The lowest BCUT2D eigenvalue weighted by Crippen LogP contribution is -2.29. The van der Waals surface area contributed by atoms with Crippen molar-refractivity contribution >= 4 is 45.0 Å². The number of benzene rings is 2. The molecule has 20 heavy (non-hydrogen) atoms. The zero-order valence-electron chi connectivity index (χ0n) is 10.5. The summed E-state index contributed by atoms with van der Waals surface area (Å²) in [5.41, 5.74) is 2.18. The second-order valence-corrected chi connectivity index (χ2v) is 5.78. The zero-order valence-corrected chi connectivity index (χ0v) is 12.8. The number of nitrogens with zero attached hydrogens (tertiary/aromatic N) is 1. The molecule has 1 aliphatic heterocycles. The fourth-order valence-electron chi connectivity index (χ4n) is 2.26. The molecule has 3 nitrogen and oxygen atoms in total. The van der Waals surface area contributed by atoms with Crippen molar-refractivity contribution in [2.24, 2.45) is 0 Å². The summed E-state index contributed by atoms with van der Waals surface area (Å²) in [5, 5.41) is 0.574. The Labute approximate surface area is 129 Å². The standard InChI is InChI=1S/C15H9BrClNO2/c1-8-6-9(7-12(16)13(8)17)18-14(19)10-4-2-3-5-11(10)15(18)20/h2-7H,1H3. The van der Waals surface area contributed by atoms with E-state index in [1.165, 1.54) is 4.90 Å². The molecule has 0 fully saturated rings. The van der Waals surface area contributed by atoms with Gasteiger partial charge in [0.2, 0.25) is 0 Å². The third-order valence-electron chi connectivity index (χ3n) is 3.25. The van der Waals surface area contributed by atoms with Gasteiger partial charge in [-0.05, 0) is 52.7 Å². The summed E-state index contributed by atoms with van der Waals surface area (Å²) in [7, 11) is 0. The molecule has 0 bridgehead atoms. The molecule has 1 heterocycles. The molecule has 0 radical (unpaired) electrons. The average molecular weight is 351 g/mol. The molecule has 3 rings (SSSR count). The van der Waals surface area contributed by atoms with Crippen molar-refractivity contribution in [1.82, 2.24) is 0 Å². The molecule has 0 saturated carbocycles. The number of rotatable bonds is 1. The monoisotopic (exact) mass is 349 g/mol. The Bertz CT molecular complexity index is 699. The van der Waals surface area contributed by atoms with Gasteiger partial charge in [-0.25, -0.2) is 4.90 Å². The Kier molecular flexibility index (Phi) is 3.15. The second-order valence-electron chi connectivity index (χ2n) is 4.55. The SMILES string of the molecule is Cc1cc(N2C(=O)c3ccccc3C2=O)cc(Br)c1Cl. The molecule has 0 aliphatic carbocycles. The van der Waals surface area contributed by atoms with E-state index in [0.717, 1.165) is 5.56 Å². The van der Waals surface area contributed by atoms with Crippen LogP contribution in [-0.4, -0.2) is 11.8 Å². The maximum Gasteiger partial charge on any atom is 0.266 e. The molecule has 0 unspecified atom stereocenters. The van der Waals surface area contributed by atoms with E-state index in [-0.39, 0.29) is 11.8 Å². The Morgan fingerprint density at radius 2 is 1.60 bits per heavy atom. The number of fused-ring (bicyclic) bond motifs is 1. The minimum atomic E-state index is -0.306. The van der Waals surface area contributed by atoms with Gasteiger partial charge in [0.1, 0.15) is 0 Å². The first kappa shape index (κ1) is 13.3. The largest absolute Gasteiger partial charge is 0.268 e. The number of aryl methyl sites for hydroxylation is 1. The van der Waals surface area contributed by atoms with Crippen molar-refractivity contribution in [3.63, 3.8) is 0 Å². The number of anilines is 1. The molecule has 0 saturated heterocycles. The van der Waals surface area contributed by atoms with E-state index in [2.05, 4.69) is 15.9 Å². The molecule has 100 valence electrons. The highest BCUT2D eigenvalue weighted by Crippen LogP contribution is 2.34. The molecular formula is C15H9BrClNO2. The van der Waals surface area contributed by atoms with E-state index in [0.29, 0.717) is 26.3 Å². The Morgan fingerprint density at radius 1 is 1.05 bits per heavy atom. The quantitative estimate of drug-likeness (QED) is 0.722.